The molecule has 0 radical (unpaired) electrons. The fourth-order valence-electron chi connectivity index (χ4n) is 2.95. The van der Waals surface area contributed by atoms with Gasteiger partial charge in [-0.05, 0) is 30.2 Å². The predicted molar refractivity (Wildman–Crippen MR) is 57.9 cm³/mol. The second kappa shape index (κ2) is 3.39. The minimum absolute atomic E-state index is 1.03. The van der Waals surface area contributed by atoms with Crippen LogP contribution in [0.3, 0.4) is 0 Å². The number of fused-ring (bicyclic) bond motifs is 2. The van der Waals surface area contributed by atoms with E-state index in [1.807, 2.05) is 0 Å². The van der Waals surface area contributed by atoms with Crippen LogP contribution in [-0.4, -0.2) is 18.0 Å². The van der Waals surface area contributed by atoms with Crippen LogP contribution in [0, 0.1) is 11.8 Å². The molecular formula is C13H17N. The molecule has 0 aromatic heterocycles. The average molecular weight is 187 g/mol. The fraction of sp³-hybridized carbons (Fsp3) is 0.538. The van der Waals surface area contributed by atoms with Gasteiger partial charge in [-0.25, -0.2) is 0 Å². The molecule has 3 aliphatic rings. The van der Waals surface area contributed by atoms with Gasteiger partial charge >= 0.3 is 0 Å². The molecule has 1 nitrogen and oxygen atoms in total. The second-order valence-corrected chi connectivity index (χ2v) is 4.88. The lowest BCUT2D eigenvalue weighted by Crippen LogP contribution is -2.47. The van der Waals surface area contributed by atoms with Gasteiger partial charge in [0, 0.05) is 19.6 Å². The molecule has 2 heterocycles. The second-order valence-electron chi connectivity index (χ2n) is 4.88. The Morgan fingerprint density at radius 3 is 2.29 bits per heavy atom. The monoisotopic (exact) mass is 187 g/mol. The van der Waals surface area contributed by atoms with E-state index >= 15 is 0 Å². The molecule has 74 valence electrons. The van der Waals surface area contributed by atoms with E-state index in [4.69, 9.17) is 0 Å². The molecule has 1 saturated carbocycles. The van der Waals surface area contributed by atoms with Gasteiger partial charge in [-0.1, -0.05) is 30.3 Å². The quantitative estimate of drug-likeness (QED) is 0.687. The van der Waals surface area contributed by atoms with Crippen molar-refractivity contribution in [2.45, 2.75) is 19.4 Å². The third kappa shape index (κ3) is 1.57. The largest absolute Gasteiger partial charge is 0.299 e. The zero-order valence-corrected chi connectivity index (χ0v) is 8.52. The van der Waals surface area contributed by atoms with E-state index in [9.17, 15) is 0 Å². The summed E-state index contributed by atoms with van der Waals surface area (Å²) in [6.45, 7) is 3.84. The van der Waals surface area contributed by atoms with Crippen molar-refractivity contribution in [3.8, 4) is 0 Å². The Hall–Kier alpha value is -0.820. The first-order valence-electron chi connectivity index (χ1n) is 5.66. The summed E-state index contributed by atoms with van der Waals surface area (Å²) in [4.78, 5) is 2.62. The summed E-state index contributed by atoms with van der Waals surface area (Å²) >= 11 is 0. The summed E-state index contributed by atoms with van der Waals surface area (Å²) in [5, 5.41) is 0. The van der Waals surface area contributed by atoms with Crippen LogP contribution in [0.1, 0.15) is 18.4 Å². The molecule has 2 bridgehead atoms. The summed E-state index contributed by atoms with van der Waals surface area (Å²) < 4.78 is 0. The Morgan fingerprint density at radius 2 is 1.64 bits per heavy atom. The summed E-state index contributed by atoms with van der Waals surface area (Å²) in [5.74, 6) is 2.05. The van der Waals surface area contributed by atoms with Crippen LogP contribution < -0.4 is 0 Å². The number of hydrogen-bond acceptors (Lipinski definition) is 1. The van der Waals surface area contributed by atoms with Gasteiger partial charge in [0.1, 0.15) is 0 Å². The van der Waals surface area contributed by atoms with Gasteiger partial charge in [-0.2, -0.15) is 0 Å². The standard InChI is InChI=1S/C13H17N/c1-2-4-11(5-3-1)8-14-9-12-6-13(7-12)10-14/h1-5,12-13H,6-10H2. The SMILES string of the molecule is c1ccc(CN2CC3CC(C3)C2)cc1. The molecule has 1 heteroatoms. The third-order valence-electron chi connectivity index (χ3n) is 3.62. The summed E-state index contributed by atoms with van der Waals surface area (Å²) in [7, 11) is 0. The van der Waals surface area contributed by atoms with Crippen LogP contribution in [0.15, 0.2) is 30.3 Å². The van der Waals surface area contributed by atoms with Gasteiger partial charge in [0.2, 0.25) is 0 Å². The first-order chi connectivity index (χ1) is 6.90. The van der Waals surface area contributed by atoms with E-state index in [0.717, 1.165) is 18.4 Å². The molecule has 2 aliphatic heterocycles. The topological polar surface area (TPSA) is 3.24 Å². The summed E-state index contributed by atoms with van der Waals surface area (Å²) in [6.07, 6.45) is 3.01. The van der Waals surface area contributed by atoms with E-state index in [-0.39, 0.29) is 0 Å². The van der Waals surface area contributed by atoms with Crippen LogP contribution in [0.5, 0.6) is 0 Å². The molecule has 4 rings (SSSR count). The zero-order chi connectivity index (χ0) is 9.38. The maximum Gasteiger partial charge on any atom is 0.0233 e. The van der Waals surface area contributed by atoms with E-state index in [2.05, 4.69) is 35.2 Å². The normalized spacial score (nSPS) is 31.1. The van der Waals surface area contributed by atoms with E-state index in [1.165, 1.54) is 31.5 Å². The minimum Gasteiger partial charge on any atom is -0.299 e. The van der Waals surface area contributed by atoms with Crippen molar-refractivity contribution < 1.29 is 0 Å². The fourth-order valence-corrected chi connectivity index (χ4v) is 2.95. The lowest BCUT2D eigenvalue weighted by molar-refractivity contribution is 0.0228. The zero-order valence-electron chi connectivity index (χ0n) is 8.52. The maximum absolute atomic E-state index is 2.62. The highest BCUT2D eigenvalue weighted by molar-refractivity contribution is 5.14. The minimum atomic E-state index is 1.03. The predicted octanol–water partition coefficient (Wildman–Crippen LogP) is 2.53. The van der Waals surface area contributed by atoms with Crippen LogP contribution in [0.2, 0.25) is 0 Å². The third-order valence-corrected chi connectivity index (χ3v) is 3.62. The van der Waals surface area contributed by atoms with Crippen molar-refractivity contribution in [2.75, 3.05) is 13.1 Å². The summed E-state index contributed by atoms with van der Waals surface area (Å²) in [6, 6.07) is 10.8. The molecule has 1 aromatic carbocycles. The Labute approximate surface area is 85.7 Å². The van der Waals surface area contributed by atoms with Crippen LogP contribution in [-0.2, 0) is 6.54 Å². The van der Waals surface area contributed by atoms with E-state index in [0.29, 0.717) is 0 Å². The number of benzene rings is 1. The highest BCUT2D eigenvalue weighted by Gasteiger charge is 2.36. The number of piperidine rings is 2. The lowest BCUT2D eigenvalue weighted by Gasteiger charge is -2.47. The van der Waals surface area contributed by atoms with Crippen molar-refractivity contribution >= 4 is 0 Å². The molecule has 3 fully saturated rings. The van der Waals surface area contributed by atoms with Crippen molar-refractivity contribution in [1.29, 1.82) is 0 Å². The van der Waals surface area contributed by atoms with Gasteiger partial charge in [0.25, 0.3) is 0 Å². The van der Waals surface area contributed by atoms with Crippen LogP contribution >= 0.6 is 0 Å². The van der Waals surface area contributed by atoms with Gasteiger partial charge in [-0.3, -0.25) is 4.90 Å². The molecule has 0 amide bonds. The van der Waals surface area contributed by atoms with Gasteiger partial charge in [-0.15, -0.1) is 0 Å². The Morgan fingerprint density at radius 1 is 1.00 bits per heavy atom. The van der Waals surface area contributed by atoms with Gasteiger partial charge in [0.15, 0.2) is 0 Å². The first-order valence-corrected chi connectivity index (χ1v) is 5.66. The van der Waals surface area contributed by atoms with Gasteiger partial charge < -0.3 is 0 Å². The Kier molecular flexibility index (Phi) is 2.06. The molecule has 0 atom stereocenters. The molecule has 0 N–H and O–H groups in total. The lowest BCUT2D eigenvalue weighted by atomic mass is 9.71. The van der Waals surface area contributed by atoms with Crippen molar-refractivity contribution in [3.05, 3.63) is 35.9 Å². The average Bonchev–Trinajstić information content (AvgIpc) is 2.18. The molecule has 2 saturated heterocycles. The van der Waals surface area contributed by atoms with Gasteiger partial charge in [0.05, 0.1) is 0 Å². The maximum atomic E-state index is 2.62. The summed E-state index contributed by atoms with van der Waals surface area (Å²) in [5.41, 5.74) is 1.47. The molecule has 14 heavy (non-hydrogen) atoms. The molecular weight excluding hydrogens is 170 g/mol. The molecule has 0 unspecified atom stereocenters. The number of nitrogens with zero attached hydrogens (tertiary/aromatic N) is 1. The van der Waals surface area contributed by atoms with E-state index < -0.39 is 0 Å². The first kappa shape index (κ1) is 8.49. The Bertz CT molecular complexity index is 290. The highest BCUT2D eigenvalue weighted by atomic mass is 15.1. The number of rotatable bonds is 2. The molecule has 0 spiro atoms. The smallest absolute Gasteiger partial charge is 0.0233 e. The van der Waals surface area contributed by atoms with Crippen LogP contribution in [0.4, 0.5) is 0 Å². The van der Waals surface area contributed by atoms with Crippen LogP contribution in [0.25, 0.3) is 0 Å². The van der Waals surface area contributed by atoms with E-state index in [1.54, 1.807) is 0 Å². The van der Waals surface area contributed by atoms with Crippen molar-refractivity contribution in [3.63, 3.8) is 0 Å². The molecule has 1 aliphatic carbocycles. The van der Waals surface area contributed by atoms with Crippen molar-refractivity contribution in [2.24, 2.45) is 11.8 Å². The number of hydrogen-bond donors (Lipinski definition) is 0. The van der Waals surface area contributed by atoms with Crippen molar-refractivity contribution in [1.82, 2.24) is 4.90 Å². The molecule has 1 aromatic rings. The highest BCUT2D eigenvalue weighted by Crippen LogP contribution is 2.39. The Balaban J connectivity index is 1.63.